The number of carbonyl (C=O) groups excluding carboxylic acids is 1. The highest BCUT2D eigenvalue weighted by molar-refractivity contribution is 5.88. The van der Waals surface area contributed by atoms with Crippen LogP contribution in [0.2, 0.25) is 0 Å². The number of fused-ring (bicyclic) bond motifs is 1. The number of nitrogens with one attached hydrogen (secondary N) is 1. The Bertz CT molecular complexity index is 1130. The lowest BCUT2D eigenvalue weighted by Gasteiger charge is -2.41. The number of rotatable bonds is 5. The Balaban J connectivity index is 1.40. The van der Waals surface area contributed by atoms with E-state index in [2.05, 4.69) is 46.3 Å². The van der Waals surface area contributed by atoms with Gasteiger partial charge in [0.15, 0.2) is 0 Å². The summed E-state index contributed by atoms with van der Waals surface area (Å²) in [6, 6.07) is 12.7. The van der Waals surface area contributed by atoms with Crippen molar-refractivity contribution in [2.45, 2.75) is 70.1 Å². The van der Waals surface area contributed by atoms with E-state index in [4.69, 9.17) is 4.74 Å². The lowest BCUT2D eigenvalue weighted by atomic mass is 9.68. The first kappa shape index (κ1) is 22.9. The quantitative estimate of drug-likeness (QED) is 0.513. The molecule has 34 heavy (non-hydrogen) atoms. The van der Waals surface area contributed by atoms with Crippen LogP contribution in [0.15, 0.2) is 42.6 Å². The van der Waals surface area contributed by atoms with Crippen LogP contribution < -0.4 is 4.74 Å². The smallest absolute Gasteiger partial charge is 0.233 e. The maximum atomic E-state index is 14.3. The van der Waals surface area contributed by atoms with Gasteiger partial charge in [0.05, 0.1) is 24.2 Å². The third-order valence-electron chi connectivity index (χ3n) is 8.24. The summed E-state index contributed by atoms with van der Waals surface area (Å²) in [7, 11) is 1.69. The molecule has 1 amide bonds. The zero-order chi connectivity index (χ0) is 23.5. The van der Waals surface area contributed by atoms with Gasteiger partial charge < -0.3 is 9.64 Å². The van der Waals surface area contributed by atoms with E-state index in [9.17, 15) is 4.79 Å². The minimum absolute atomic E-state index is 0.349. The predicted octanol–water partition coefficient (Wildman–Crippen LogP) is 5.95. The molecule has 0 radical (unpaired) electrons. The Morgan fingerprint density at radius 3 is 2.65 bits per heavy atom. The molecular weight excluding hydrogens is 422 g/mol. The first-order valence-electron chi connectivity index (χ1n) is 13.0. The van der Waals surface area contributed by atoms with Crippen LogP contribution in [0.1, 0.15) is 68.1 Å². The van der Waals surface area contributed by atoms with Crippen molar-refractivity contribution in [2.24, 2.45) is 5.92 Å². The van der Waals surface area contributed by atoms with Crippen LogP contribution in [0.4, 0.5) is 0 Å². The molecule has 0 spiro atoms. The Labute approximate surface area is 202 Å². The third-order valence-corrected chi connectivity index (χ3v) is 8.24. The monoisotopic (exact) mass is 459 g/mol. The number of hydrogen-bond acceptors (Lipinski definition) is 3. The molecule has 0 bridgehead atoms. The average molecular weight is 460 g/mol. The van der Waals surface area contributed by atoms with E-state index in [1.54, 1.807) is 7.11 Å². The second kappa shape index (κ2) is 9.81. The van der Waals surface area contributed by atoms with E-state index in [0.29, 0.717) is 11.8 Å². The van der Waals surface area contributed by atoms with Gasteiger partial charge in [-0.25, -0.2) is 0 Å². The van der Waals surface area contributed by atoms with Crippen LogP contribution in [-0.4, -0.2) is 41.2 Å². The molecule has 1 aliphatic carbocycles. The standard InChI is InChI=1S/C29H37N3O2/c1-21-9-10-23(26-19-30-31-27(21)26)18-22-8-4-7-17-32(20-22)28(33)29(15-5-3-6-16-29)24-11-13-25(34-2)14-12-24/h9-14,19,22H,3-8,15-18,20H2,1-2H3,(H,30,31). The van der Waals surface area contributed by atoms with E-state index in [1.807, 2.05) is 18.3 Å². The average Bonchev–Trinajstić information content (AvgIpc) is 3.27. The maximum absolute atomic E-state index is 14.3. The van der Waals surface area contributed by atoms with Gasteiger partial charge in [0, 0.05) is 18.5 Å². The summed E-state index contributed by atoms with van der Waals surface area (Å²) in [5.74, 6) is 1.67. The van der Waals surface area contributed by atoms with Gasteiger partial charge in [-0.3, -0.25) is 9.89 Å². The van der Waals surface area contributed by atoms with Crippen molar-refractivity contribution in [1.82, 2.24) is 15.1 Å². The number of ether oxygens (including phenoxy) is 1. The number of benzene rings is 2. The molecule has 2 aromatic carbocycles. The first-order chi connectivity index (χ1) is 16.6. The fourth-order valence-electron chi connectivity index (χ4n) is 6.29. The number of likely N-dealkylation sites (tertiary alicyclic amines) is 1. The van der Waals surface area contributed by atoms with Gasteiger partial charge in [0.1, 0.15) is 5.75 Å². The molecule has 1 saturated heterocycles. The van der Waals surface area contributed by atoms with Crippen molar-refractivity contribution in [2.75, 3.05) is 20.2 Å². The number of amides is 1. The zero-order valence-corrected chi connectivity index (χ0v) is 20.6. The molecule has 3 aromatic rings. The van der Waals surface area contributed by atoms with E-state index in [1.165, 1.54) is 35.8 Å². The topological polar surface area (TPSA) is 58.2 Å². The normalized spacial score (nSPS) is 20.8. The molecule has 180 valence electrons. The SMILES string of the molecule is COc1ccc(C2(C(=O)N3CCCCC(Cc4ccc(C)c5[nH]ncc45)C3)CCCCC2)cc1. The maximum Gasteiger partial charge on any atom is 0.233 e. The number of aryl methyl sites for hydroxylation is 1. The van der Waals surface area contributed by atoms with E-state index in [0.717, 1.165) is 68.4 Å². The van der Waals surface area contributed by atoms with Crippen LogP contribution >= 0.6 is 0 Å². The highest BCUT2D eigenvalue weighted by Gasteiger charge is 2.44. The number of nitrogens with zero attached hydrogens (tertiary/aromatic N) is 2. The van der Waals surface area contributed by atoms with E-state index in [-0.39, 0.29) is 5.41 Å². The largest absolute Gasteiger partial charge is 0.497 e. The van der Waals surface area contributed by atoms with Gasteiger partial charge in [0.2, 0.25) is 5.91 Å². The summed E-state index contributed by atoms with van der Waals surface area (Å²) in [5.41, 5.74) is 4.49. The molecule has 1 unspecified atom stereocenters. The number of carbonyl (C=O) groups is 1. The molecule has 1 aliphatic heterocycles. The van der Waals surface area contributed by atoms with Crippen molar-refractivity contribution >= 4 is 16.8 Å². The molecule has 1 saturated carbocycles. The minimum Gasteiger partial charge on any atom is -0.497 e. The second-order valence-corrected chi connectivity index (χ2v) is 10.4. The molecule has 1 atom stereocenters. The summed E-state index contributed by atoms with van der Waals surface area (Å²) >= 11 is 0. The number of aromatic nitrogens is 2. The van der Waals surface area contributed by atoms with Gasteiger partial charge >= 0.3 is 0 Å². The molecule has 5 heteroatoms. The minimum atomic E-state index is -0.388. The van der Waals surface area contributed by atoms with Crippen molar-refractivity contribution in [3.8, 4) is 5.75 Å². The van der Waals surface area contributed by atoms with Gasteiger partial charge in [-0.1, -0.05) is 49.9 Å². The van der Waals surface area contributed by atoms with Crippen molar-refractivity contribution in [3.05, 3.63) is 59.3 Å². The lowest BCUT2D eigenvalue weighted by Crippen LogP contribution is -2.49. The van der Waals surface area contributed by atoms with Gasteiger partial charge in [-0.15, -0.1) is 0 Å². The lowest BCUT2D eigenvalue weighted by molar-refractivity contribution is -0.139. The Morgan fingerprint density at radius 1 is 1.09 bits per heavy atom. The van der Waals surface area contributed by atoms with Gasteiger partial charge in [0.25, 0.3) is 0 Å². The molecule has 1 aromatic heterocycles. The third kappa shape index (κ3) is 4.33. The van der Waals surface area contributed by atoms with E-state index < -0.39 is 0 Å². The highest BCUT2D eigenvalue weighted by Crippen LogP contribution is 2.42. The Kier molecular flexibility index (Phi) is 6.62. The molecule has 2 aliphatic rings. The molecular formula is C29H37N3O2. The van der Waals surface area contributed by atoms with Crippen LogP contribution in [0.25, 0.3) is 10.9 Å². The number of hydrogen-bond donors (Lipinski definition) is 1. The summed E-state index contributed by atoms with van der Waals surface area (Å²) in [6.07, 6.45) is 11.8. The van der Waals surface area contributed by atoms with Crippen LogP contribution in [0, 0.1) is 12.8 Å². The molecule has 2 heterocycles. The number of aromatic amines is 1. The first-order valence-corrected chi connectivity index (χ1v) is 13.0. The summed E-state index contributed by atoms with van der Waals surface area (Å²) < 4.78 is 5.38. The van der Waals surface area contributed by atoms with Crippen LogP contribution in [0.3, 0.4) is 0 Å². The summed E-state index contributed by atoms with van der Waals surface area (Å²) in [4.78, 5) is 16.5. The van der Waals surface area contributed by atoms with Crippen LogP contribution in [-0.2, 0) is 16.6 Å². The van der Waals surface area contributed by atoms with Crippen molar-refractivity contribution in [1.29, 1.82) is 0 Å². The van der Waals surface area contributed by atoms with Crippen molar-refractivity contribution in [3.63, 3.8) is 0 Å². The Hall–Kier alpha value is -2.82. The zero-order valence-electron chi connectivity index (χ0n) is 20.6. The second-order valence-electron chi connectivity index (χ2n) is 10.4. The Morgan fingerprint density at radius 2 is 1.88 bits per heavy atom. The summed E-state index contributed by atoms with van der Waals surface area (Å²) in [5, 5.41) is 8.68. The molecule has 1 N–H and O–H groups in total. The molecule has 5 nitrogen and oxygen atoms in total. The van der Waals surface area contributed by atoms with E-state index >= 15 is 0 Å². The molecule has 5 rings (SSSR count). The predicted molar refractivity (Wildman–Crippen MR) is 136 cm³/mol. The fourth-order valence-corrected chi connectivity index (χ4v) is 6.29. The van der Waals surface area contributed by atoms with Gasteiger partial charge in [-0.2, -0.15) is 5.10 Å². The number of H-pyrrole nitrogens is 1. The van der Waals surface area contributed by atoms with Gasteiger partial charge in [-0.05, 0) is 73.8 Å². The summed E-state index contributed by atoms with van der Waals surface area (Å²) in [6.45, 7) is 3.85. The number of methoxy groups -OCH3 is 1. The van der Waals surface area contributed by atoms with Crippen molar-refractivity contribution < 1.29 is 9.53 Å². The fraction of sp³-hybridized carbons (Fsp3) is 0.517. The highest BCUT2D eigenvalue weighted by atomic mass is 16.5. The van der Waals surface area contributed by atoms with Crippen LogP contribution in [0.5, 0.6) is 5.75 Å². The molecule has 2 fully saturated rings.